The van der Waals surface area contributed by atoms with E-state index in [2.05, 4.69) is 16.0 Å². The van der Waals surface area contributed by atoms with Gasteiger partial charge in [-0.1, -0.05) is 27.2 Å². The number of nitrogens with zero attached hydrogens (tertiary/aromatic N) is 1. The summed E-state index contributed by atoms with van der Waals surface area (Å²) in [7, 11) is 0. The van der Waals surface area contributed by atoms with Gasteiger partial charge in [0.2, 0.25) is 11.8 Å². The van der Waals surface area contributed by atoms with Crippen molar-refractivity contribution >= 4 is 35.6 Å². The summed E-state index contributed by atoms with van der Waals surface area (Å²) in [5.41, 5.74) is 4.73. The Balaban J connectivity index is 0.00000126. The molecule has 1 aliphatic heterocycles. The number of aliphatic carboxylic acids is 1. The maximum absolute atomic E-state index is 12.0. The van der Waals surface area contributed by atoms with Crippen LogP contribution >= 0.6 is 0 Å². The minimum Gasteiger partial charge on any atom is -0.480 e. The maximum Gasteiger partial charge on any atom is 0.322 e. The Labute approximate surface area is 193 Å². The Hall–Kier alpha value is -3.44. The smallest absolute Gasteiger partial charge is 0.322 e. The van der Waals surface area contributed by atoms with Gasteiger partial charge in [-0.3, -0.25) is 28.9 Å². The first-order valence-corrected chi connectivity index (χ1v) is 10.8. The van der Waals surface area contributed by atoms with Crippen LogP contribution in [-0.2, 0) is 24.0 Å². The standard InChI is InChI=1S/C17H25N3O6.C4H10N2O/c1-11(2)16(17(26)18-10-15(24)25)19-12(21)6-4-3-5-9-20-13(22)7-8-14(20)23;1-2-3-6-4(5)7/h7-8,11,16H,3-6,9-10H2,1-2H3,(H,18,26)(H,19,21)(H,24,25);2-3H2,1H3,(H3,5,6,7). The minimum absolute atomic E-state index is 0.188. The number of imide groups is 1. The van der Waals surface area contributed by atoms with Gasteiger partial charge in [0.25, 0.3) is 11.8 Å². The number of hydrogen-bond acceptors (Lipinski definition) is 6. The van der Waals surface area contributed by atoms with E-state index in [-0.39, 0.29) is 30.1 Å². The summed E-state index contributed by atoms with van der Waals surface area (Å²) < 4.78 is 0. The van der Waals surface area contributed by atoms with E-state index >= 15 is 0 Å². The van der Waals surface area contributed by atoms with Crippen molar-refractivity contribution in [3.63, 3.8) is 0 Å². The number of nitrogens with one attached hydrogen (secondary N) is 3. The quantitative estimate of drug-likeness (QED) is 0.183. The van der Waals surface area contributed by atoms with E-state index in [0.29, 0.717) is 32.4 Å². The molecule has 0 spiro atoms. The van der Waals surface area contributed by atoms with Gasteiger partial charge in [0, 0.05) is 31.7 Å². The van der Waals surface area contributed by atoms with Crippen molar-refractivity contribution in [1.82, 2.24) is 20.9 Å². The van der Waals surface area contributed by atoms with Crippen LogP contribution in [0.4, 0.5) is 4.79 Å². The van der Waals surface area contributed by atoms with E-state index in [9.17, 15) is 28.8 Å². The second kappa shape index (κ2) is 16.2. The number of unbranched alkanes of at least 4 members (excludes halogenated alkanes) is 2. The summed E-state index contributed by atoms with van der Waals surface area (Å²) >= 11 is 0. The second-order valence-electron chi connectivity index (χ2n) is 7.66. The van der Waals surface area contributed by atoms with Crippen LogP contribution in [0.25, 0.3) is 0 Å². The summed E-state index contributed by atoms with van der Waals surface area (Å²) in [5, 5.41) is 15.9. The molecule has 0 bridgehead atoms. The zero-order valence-electron chi connectivity index (χ0n) is 19.4. The van der Waals surface area contributed by atoms with Crippen molar-refractivity contribution in [3.8, 4) is 0 Å². The van der Waals surface area contributed by atoms with Gasteiger partial charge in [0.05, 0.1) is 0 Å². The molecule has 1 atom stereocenters. The van der Waals surface area contributed by atoms with E-state index in [0.717, 1.165) is 11.3 Å². The summed E-state index contributed by atoms with van der Waals surface area (Å²) in [6.45, 7) is 5.97. The Kier molecular flexibility index (Phi) is 14.5. The number of urea groups is 1. The van der Waals surface area contributed by atoms with Gasteiger partial charge in [-0.25, -0.2) is 4.79 Å². The molecule has 12 nitrogen and oxygen atoms in total. The van der Waals surface area contributed by atoms with E-state index in [1.54, 1.807) is 13.8 Å². The first-order chi connectivity index (χ1) is 15.5. The highest BCUT2D eigenvalue weighted by Crippen LogP contribution is 2.08. The topological polar surface area (TPSA) is 188 Å². The third kappa shape index (κ3) is 13.6. The molecule has 1 unspecified atom stereocenters. The second-order valence-corrected chi connectivity index (χ2v) is 7.66. The average molecular weight is 470 g/mol. The van der Waals surface area contributed by atoms with Crippen molar-refractivity contribution in [2.24, 2.45) is 11.7 Å². The van der Waals surface area contributed by atoms with E-state index < -0.39 is 30.5 Å². The number of carboxylic acid groups (broad SMARTS) is 1. The lowest BCUT2D eigenvalue weighted by Gasteiger charge is -2.21. The van der Waals surface area contributed by atoms with Crippen molar-refractivity contribution in [2.75, 3.05) is 19.6 Å². The van der Waals surface area contributed by atoms with E-state index in [1.807, 2.05) is 6.92 Å². The number of carboxylic acids is 1. The SMILES string of the molecule is CC(C)C(NC(=O)CCCCCN1C(=O)C=CC1=O)C(=O)NCC(=O)O.CCCNC(N)=O. The number of nitrogens with two attached hydrogens (primary N) is 1. The first-order valence-electron chi connectivity index (χ1n) is 10.8. The molecule has 0 aromatic rings. The Morgan fingerprint density at radius 1 is 1.03 bits per heavy atom. The molecule has 1 heterocycles. The fraction of sp³-hybridized carbons (Fsp3) is 0.619. The van der Waals surface area contributed by atoms with E-state index in [1.165, 1.54) is 12.2 Å². The van der Waals surface area contributed by atoms with Crippen molar-refractivity contribution in [2.45, 2.75) is 58.9 Å². The number of amides is 6. The van der Waals surface area contributed by atoms with Crippen molar-refractivity contribution in [3.05, 3.63) is 12.2 Å². The van der Waals surface area contributed by atoms with Crippen LogP contribution in [0, 0.1) is 5.92 Å². The van der Waals surface area contributed by atoms with Crippen LogP contribution in [-0.4, -0.2) is 71.3 Å². The fourth-order valence-corrected chi connectivity index (χ4v) is 2.69. The third-order valence-corrected chi connectivity index (χ3v) is 4.41. The molecule has 0 saturated carbocycles. The van der Waals surface area contributed by atoms with Crippen molar-refractivity contribution in [1.29, 1.82) is 0 Å². The number of carbonyl (C=O) groups is 6. The van der Waals surface area contributed by atoms with Crippen LogP contribution < -0.4 is 21.7 Å². The van der Waals surface area contributed by atoms with E-state index in [4.69, 9.17) is 10.8 Å². The van der Waals surface area contributed by atoms with Gasteiger partial charge in [-0.2, -0.15) is 0 Å². The highest BCUT2D eigenvalue weighted by Gasteiger charge is 2.24. The molecular weight excluding hydrogens is 434 g/mol. The molecule has 6 amide bonds. The van der Waals surface area contributed by atoms with Gasteiger partial charge in [0.15, 0.2) is 0 Å². The molecule has 186 valence electrons. The van der Waals surface area contributed by atoms with Crippen LogP contribution in [0.5, 0.6) is 0 Å². The number of rotatable bonds is 13. The molecular formula is C21H35N5O7. The Morgan fingerprint density at radius 2 is 1.64 bits per heavy atom. The number of hydrogen-bond donors (Lipinski definition) is 5. The molecule has 0 fully saturated rings. The highest BCUT2D eigenvalue weighted by atomic mass is 16.4. The molecule has 0 radical (unpaired) electrons. The molecule has 0 aromatic carbocycles. The molecule has 0 saturated heterocycles. The van der Waals surface area contributed by atoms with Gasteiger partial charge < -0.3 is 26.8 Å². The molecule has 33 heavy (non-hydrogen) atoms. The number of carbonyl (C=O) groups excluding carboxylic acids is 5. The van der Waals surface area contributed by atoms with Crippen molar-refractivity contribution < 1.29 is 33.9 Å². The third-order valence-electron chi connectivity index (χ3n) is 4.41. The van der Waals surface area contributed by atoms with Gasteiger partial charge in [0.1, 0.15) is 12.6 Å². The number of primary amides is 1. The highest BCUT2D eigenvalue weighted by molar-refractivity contribution is 6.12. The lowest BCUT2D eigenvalue weighted by atomic mass is 10.0. The lowest BCUT2D eigenvalue weighted by Crippen LogP contribution is -2.50. The van der Waals surface area contributed by atoms with Crippen LogP contribution in [0.1, 0.15) is 52.9 Å². The average Bonchev–Trinajstić information content (AvgIpc) is 3.06. The molecule has 1 aliphatic rings. The molecule has 0 aliphatic carbocycles. The normalized spacial score (nSPS) is 13.3. The monoisotopic (exact) mass is 469 g/mol. The summed E-state index contributed by atoms with van der Waals surface area (Å²) in [6.07, 6.45) is 5.41. The summed E-state index contributed by atoms with van der Waals surface area (Å²) in [5.74, 6) is -2.82. The van der Waals surface area contributed by atoms with Crippen LogP contribution in [0.3, 0.4) is 0 Å². The molecule has 1 rings (SSSR count). The zero-order chi connectivity index (χ0) is 25.4. The first kappa shape index (κ1) is 29.6. The summed E-state index contributed by atoms with van der Waals surface area (Å²) in [4.78, 5) is 68.2. The fourth-order valence-electron chi connectivity index (χ4n) is 2.69. The van der Waals surface area contributed by atoms with Gasteiger partial charge >= 0.3 is 12.0 Å². The Bertz CT molecular complexity index is 719. The molecule has 6 N–H and O–H groups in total. The largest absolute Gasteiger partial charge is 0.480 e. The predicted octanol–water partition coefficient (Wildman–Crippen LogP) is -0.122. The molecule has 0 aromatic heterocycles. The zero-order valence-corrected chi connectivity index (χ0v) is 19.4. The van der Waals surface area contributed by atoms with Gasteiger partial charge in [-0.15, -0.1) is 0 Å². The lowest BCUT2D eigenvalue weighted by molar-refractivity contribution is -0.139. The predicted molar refractivity (Wildman–Crippen MR) is 120 cm³/mol. The Morgan fingerprint density at radius 3 is 2.09 bits per heavy atom. The minimum atomic E-state index is -1.16. The van der Waals surface area contributed by atoms with Crippen LogP contribution in [0.2, 0.25) is 0 Å². The maximum atomic E-state index is 12.0. The summed E-state index contributed by atoms with van der Waals surface area (Å²) in [6, 6.07) is -1.24. The van der Waals surface area contributed by atoms with Gasteiger partial charge in [-0.05, 0) is 25.2 Å². The van der Waals surface area contributed by atoms with Crippen LogP contribution in [0.15, 0.2) is 12.2 Å². The molecule has 12 heteroatoms.